The van der Waals surface area contributed by atoms with Gasteiger partial charge in [-0.3, -0.25) is 19.3 Å². The first-order valence-corrected chi connectivity index (χ1v) is 12.2. The Hall–Kier alpha value is -1.45. The van der Waals surface area contributed by atoms with Gasteiger partial charge in [0.2, 0.25) is 11.8 Å². The van der Waals surface area contributed by atoms with Crippen LogP contribution in [0, 0.1) is 30.6 Å². The monoisotopic (exact) mass is 574 g/mol. The Balaban J connectivity index is 1.36. The van der Waals surface area contributed by atoms with Crippen LogP contribution < -0.4 is 5.32 Å². The van der Waals surface area contributed by atoms with Gasteiger partial charge in [0, 0.05) is 20.4 Å². The van der Waals surface area contributed by atoms with Crippen LogP contribution in [0.1, 0.15) is 18.9 Å². The summed E-state index contributed by atoms with van der Waals surface area (Å²) in [6.07, 6.45) is 0.814. The highest BCUT2D eigenvalue weighted by molar-refractivity contribution is 9.12. The van der Waals surface area contributed by atoms with E-state index >= 15 is 0 Å². The van der Waals surface area contributed by atoms with E-state index in [1.165, 1.54) is 6.92 Å². The first-order chi connectivity index (χ1) is 14.6. The number of alkyl halides is 2. The molecule has 3 aliphatic rings. The molecule has 0 aromatic heterocycles. The lowest BCUT2D eigenvalue weighted by Gasteiger charge is -2.28. The molecule has 4 rings (SSSR count). The van der Waals surface area contributed by atoms with Crippen molar-refractivity contribution in [2.45, 2.75) is 36.0 Å². The number of hydrogen-bond acceptors (Lipinski definition) is 5. The lowest BCUT2D eigenvalue weighted by atomic mass is 9.81. The van der Waals surface area contributed by atoms with Gasteiger partial charge in [-0.25, -0.2) is 4.79 Å². The summed E-state index contributed by atoms with van der Waals surface area (Å²) in [7, 11) is 0. The number of fused-ring (bicyclic) bond motifs is 5. The first kappa shape index (κ1) is 22.7. The van der Waals surface area contributed by atoms with E-state index in [0.29, 0.717) is 10.7 Å². The van der Waals surface area contributed by atoms with Gasteiger partial charge in [0.15, 0.2) is 6.61 Å². The Kier molecular flexibility index (Phi) is 6.22. The fourth-order valence-electron chi connectivity index (χ4n) is 4.98. The number of nitrogens with one attached hydrogen (secondary N) is 1. The van der Waals surface area contributed by atoms with E-state index in [1.807, 2.05) is 6.92 Å². The lowest BCUT2D eigenvalue weighted by molar-refractivity contribution is -0.159. The number of esters is 1. The summed E-state index contributed by atoms with van der Waals surface area (Å²) in [6.45, 7) is 2.76. The number of carbonyl (C=O) groups excluding carboxylic acids is 4. The standard InChI is InChI=1S/C21H21Br2ClN2O5/c1-8-3-4-10(5-13(8)24)25-14(27)7-31-21(30)9(2)26-19(28)15-11-6-12(16(15)20(26)29)18(23)17(11)22/h3-5,9,11-12,15-18H,6-7H2,1-2H3,(H,25,27)/t9-,11+,12+,15-,16+,17-,18-/m0/s1. The minimum absolute atomic E-state index is 0.0659. The van der Waals surface area contributed by atoms with Crippen LogP contribution in [0.4, 0.5) is 5.69 Å². The molecule has 2 aliphatic carbocycles. The number of aryl methyl sites for hydroxylation is 1. The van der Waals surface area contributed by atoms with Crippen LogP contribution in [0.5, 0.6) is 0 Å². The molecule has 31 heavy (non-hydrogen) atoms. The number of anilines is 1. The average Bonchev–Trinajstić information content (AvgIpc) is 3.33. The third kappa shape index (κ3) is 3.82. The van der Waals surface area contributed by atoms with Crippen LogP contribution in [0.25, 0.3) is 0 Å². The molecule has 0 spiro atoms. The lowest BCUT2D eigenvalue weighted by Crippen LogP contribution is -2.45. The van der Waals surface area contributed by atoms with Crippen molar-refractivity contribution in [1.82, 2.24) is 4.90 Å². The fourth-order valence-corrected chi connectivity index (χ4v) is 7.04. The number of ether oxygens (including phenoxy) is 1. The summed E-state index contributed by atoms with van der Waals surface area (Å²) in [5.41, 5.74) is 1.35. The van der Waals surface area contributed by atoms with Gasteiger partial charge in [-0.2, -0.15) is 0 Å². The second kappa shape index (κ2) is 8.48. The van der Waals surface area contributed by atoms with Crippen molar-refractivity contribution in [3.05, 3.63) is 28.8 Å². The molecule has 2 saturated carbocycles. The van der Waals surface area contributed by atoms with Gasteiger partial charge in [-0.1, -0.05) is 49.5 Å². The van der Waals surface area contributed by atoms with E-state index in [-0.39, 0.29) is 33.3 Å². The number of amides is 3. The Morgan fingerprint density at radius 1 is 1.19 bits per heavy atom. The van der Waals surface area contributed by atoms with Crippen LogP contribution in [0.3, 0.4) is 0 Å². The molecule has 7 nitrogen and oxygen atoms in total. The number of rotatable bonds is 5. The van der Waals surface area contributed by atoms with Gasteiger partial charge < -0.3 is 10.1 Å². The smallest absolute Gasteiger partial charge is 0.329 e. The summed E-state index contributed by atoms with van der Waals surface area (Å²) in [5.74, 6) is -2.66. The molecule has 3 fully saturated rings. The maximum absolute atomic E-state index is 13.0. The number of imide groups is 1. The number of nitrogens with zero attached hydrogens (tertiary/aromatic N) is 1. The molecule has 1 N–H and O–H groups in total. The second-order valence-electron chi connectivity index (χ2n) is 8.35. The molecule has 1 heterocycles. The van der Waals surface area contributed by atoms with E-state index in [9.17, 15) is 19.2 Å². The summed E-state index contributed by atoms with van der Waals surface area (Å²) in [4.78, 5) is 51.9. The molecule has 0 unspecified atom stereocenters. The molecule has 0 radical (unpaired) electrons. The predicted octanol–water partition coefficient (Wildman–Crippen LogP) is 3.30. The van der Waals surface area contributed by atoms with E-state index < -0.39 is 36.4 Å². The normalized spacial score (nSPS) is 32.2. The topological polar surface area (TPSA) is 92.8 Å². The van der Waals surface area contributed by atoms with Gasteiger partial charge in [0.05, 0.1) is 11.8 Å². The SMILES string of the molecule is Cc1ccc(NC(=O)COC(=O)[C@H](C)N2C(=O)[C@@H]3[C@H]4C[C@@H]([C@H](Br)[C@H]4Br)[C@@H]3C2=O)cc1Cl. The molecule has 7 atom stereocenters. The predicted molar refractivity (Wildman–Crippen MR) is 121 cm³/mol. The summed E-state index contributed by atoms with van der Waals surface area (Å²) in [6, 6.07) is 3.96. The van der Waals surface area contributed by atoms with Gasteiger partial charge >= 0.3 is 5.97 Å². The van der Waals surface area contributed by atoms with Crippen LogP contribution in [0.15, 0.2) is 18.2 Å². The van der Waals surface area contributed by atoms with E-state index in [2.05, 4.69) is 37.2 Å². The third-order valence-corrected chi connectivity index (χ3v) is 10.2. The van der Waals surface area contributed by atoms with Crippen molar-refractivity contribution in [3.8, 4) is 0 Å². The number of carbonyl (C=O) groups is 4. The van der Waals surface area contributed by atoms with E-state index in [1.54, 1.807) is 18.2 Å². The van der Waals surface area contributed by atoms with Crippen LogP contribution in [0.2, 0.25) is 5.02 Å². The number of benzene rings is 1. The molecule has 3 amide bonds. The summed E-state index contributed by atoms with van der Waals surface area (Å²) in [5, 5.41) is 3.10. The minimum atomic E-state index is -1.09. The van der Waals surface area contributed by atoms with Crippen molar-refractivity contribution in [1.29, 1.82) is 0 Å². The van der Waals surface area contributed by atoms with Crippen LogP contribution in [-0.2, 0) is 23.9 Å². The molecular weight excluding hydrogens is 556 g/mol. The molecule has 1 aliphatic heterocycles. The molecule has 1 saturated heterocycles. The van der Waals surface area contributed by atoms with Gasteiger partial charge in [0.1, 0.15) is 6.04 Å². The Morgan fingerprint density at radius 2 is 1.77 bits per heavy atom. The molecular formula is C21H21Br2ClN2O5. The fraction of sp³-hybridized carbons (Fsp3) is 0.524. The molecule has 1 aromatic carbocycles. The maximum Gasteiger partial charge on any atom is 0.329 e. The Morgan fingerprint density at radius 3 is 2.32 bits per heavy atom. The Bertz CT molecular complexity index is 941. The van der Waals surface area contributed by atoms with Crippen LogP contribution >= 0.6 is 43.5 Å². The number of likely N-dealkylation sites (tertiary alicyclic amines) is 1. The quantitative estimate of drug-likeness (QED) is 0.330. The van der Waals surface area contributed by atoms with E-state index in [4.69, 9.17) is 16.3 Å². The zero-order valence-corrected chi connectivity index (χ0v) is 20.7. The van der Waals surface area contributed by atoms with E-state index in [0.717, 1.165) is 16.9 Å². The largest absolute Gasteiger partial charge is 0.454 e. The third-order valence-electron chi connectivity index (χ3n) is 6.55. The summed E-state index contributed by atoms with van der Waals surface area (Å²) < 4.78 is 5.09. The van der Waals surface area contributed by atoms with Crippen molar-refractivity contribution >= 4 is 72.8 Å². The second-order valence-corrected chi connectivity index (χ2v) is 10.9. The molecule has 166 valence electrons. The maximum atomic E-state index is 13.0. The van der Waals surface area contributed by atoms with Crippen molar-refractivity contribution in [3.63, 3.8) is 0 Å². The number of halogens is 3. The van der Waals surface area contributed by atoms with Gasteiger partial charge in [-0.05, 0) is 49.8 Å². The minimum Gasteiger partial charge on any atom is -0.454 e. The molecule has 2 bridgehead atoms. The van der Waals surface area contributed by atoms with Crippen molar-refractivity contribution < 1.29 is 23.9 Å². The highest BCUT2D eigenvalue weighted by Gasteiger charge is 2.67. The zero-order chi connectivity index (χ0) is 22.6. The van der Waals surface area contributed by atoms with Gasteiger partial charge in [-0.15, -0.1) is 0 Å². The Labute approximate surface area is 201 Å². The number of hydrogen-bond donors (Lipinski definition) is 1. The summed E-state index contributed by atoms with van der Waals surface area (Å²) >= 11 is 13.3. The molecule has 1 aromatic rings. The first-order valence-electron chi connectivity index (χ1n) is 9.99. The van der Waals surface area contributed by atoms with Crippen LogP contribution in [-0.4, -0.2) is 50.9 Å². The van der Waals surface area contributed by atoms with Crippen molar-refractivity contribution in [2.24, 2.45) is 23.7 Å². The van der Waals surface area contributed by atoms with Gasteiger partial charge in [0.25, 0.3) is 5.91 Å². The zero-order valence-electron chi connectivity index (χ0n) is 16.8. The average molecular weight is 577 g/mol. The highest BCUT2D eigenvalue weighted by Crippen LogP contribution is 2.60. The highest BCUT2D eigenvalue weighted by atomic mass is 79.9. The van der Waals surface area contributed by atoms with Crippen molar-refractivity contribution in [2.75, 3.05) is 11.9 Å². The molecule has 10 heteroatoms.